The fraction of sp³-hybridized carbons (Fsp3) is 0.167. The van der Waals surface area contributed by atoms with Crippen LogP contribution in [-0.2, 0) is 14.8 Å². The number of amides is 1. The van der Waals surface area contributed by atoms with Crippen molar-refractivity contribution < 1.29 is 17.9 Å². The van der Waals surface area contributed by atoms with Crippen LogP contribution in [0.15, 0.2) is 34.7 Å². The summed E-state index contributed by atoms with van der Waals surface area (Å²) in [6.07, 6.45) is 0.845. The van der Waals surface area contributed by atoms with Crippen molar-refractivity contribution >= 4 is 38.1 Å². The first-order valence-electron chi connectivity index (χ1n) is 5.99. The predicted octanol–water partition coefficient (Wildman–Crippen LogP) is 1.66. The van der Waals surface area contributed by atoms with Gasteiger partial charge in [0.2, 0.25) is 0 Å². The summed E-state index contributed by atoms with van der Waals surface area (Å²) in [5, 5.41) is 4.60. The molecule has 110 valence electrons. The Balaban J connectivity index is 1.93. The molecule has 1 aromatic heterocycles. The second-order valence-electron chi connectivity index (χ2n) is 4.35. The van der Waals surface area contributed by atoms with E-state index in [-0.39, 0.29) is 15.9 Å². The number of nitrogens with one attached hydrogen (secondary N) is 2. The summed E-state index contributed by atoms with van der Waals surface area (Å²) in [6.45, 7) is 1.59. The van der Waals surface area contributed by atoms with Crippen LogP contribution in [0.5, 0.6) is 5.75 Å². The molecular weight excluding hydrogens is 314 g/mol. The maximum atomic E-state index is 12.2. The zero-order valence-corrected chi connectivity index (χ0v) is 12.5. The zero-order chi connectivity index (χ0) is 15.0. The molecule has 7 nitrogen and oxygen atoms in total. The van der Waals surface area contributed by atoms with Crippen LogP contribution in [0.2, 0.25) is 0 Å². The van der Waals surface area contributed by atoms with Crippen molar-refractivity contribution in [3.63, 3.8) is 0 Å². The molecule has 9 heteroatoms. The molecule has 0 spiro atoms. The van der Waals surface area contributed by atoms with Crippen LogP contribution >= 0.6 is 11.3 Å². The molecule has 21 heavy (non-hydrogen) atoms. The highest BCUT2D eigenvalue weighted by molar-refractivity contribution is 7.93. The Kier molecular flexibility index (Phi) is 3.30. The number of rotatable bonds is 3. The summed E-state index contributed by atoms with van der Waals surface area (Å²) >= 11 is 1.18. The number of sulfonamides is 1. The molecule has 2 heterocycles. The number of fused-ring (bicyclic) bond motifs is 1. The topological polar surface area (TPSA) is 97.4 Å². The van der Waals surface area contributed by atoms with E-state index in [1.54, 1.807) is 12.3 Å². The molecule has 2 N–H and O–H groups in total. The number of ether oxygens (including phenoxy) is 1. The molecule has 0 saturated heterocycles. The summed E-state index contributed by atoms with van der Waals surface area (Å²) < 4.78 is 32.3. The van der Waals surface area contributed by atoms with E-state index in [9.17, 15) is 13.2 Å². The second-order valence-corrected chi connectivity index (χ2v) is 6.93. The number of aromatic nitrogens is 1. The summed E-state index contributed by atoms with van der Waals surface area (Å²) in [7, 11) is -3.74. The Bertz CT molecular complexity index is 787. The Labute approximate surface area is 125 Å². The highest BCUT2D eigenvalue weighted by atomic mass is 32.2. The standard InChI is InChI=1S/C12H11N3O4S2/c1-7-11(16)14-9-3-2-8(6-10(9)19-7)21(17,18)15-12-13-4-5-20-12/h2-7H,1H3,(H,13,15)(H,14,16)/t7-/m1/s1. The van der Waals surface area contributed by atoms with E-state index >= 15 is 0 Å². The lowest BCUT2D eigenvalue weighted by Gasteiger charge is -2.23. The van der Waals surface area contributed by atoms with Crippen LogP contribution in [-0.4, -0.2) is 25.4 Å². The quantitative estimate of drug-likeness (QED) is 0.894. The molecule has 0 saturated carbocycles. The molecule has 3 rings (SSSR count). The van der Waals surface area contributed by atoms with Crippen LogP contribution < -0.4 is 14.8 Å². The van der Waals surface area contributed by atoms with Crippen LogP contribution in [0.25, 0.3) is 0 Å². The maximum Gasteiger partial charge on any atom is 0.265 e. The van der Waals surface area contributed by atoms with Gasteiger partial charge in [-0.15, -0.1) is 11.3 Å². The van der Waals surface area contributed by atoms with Gasteiger partial charge in [0.15, 0.2) is 11.2 Å². The van der Waals surface area contributed by atoms with Gasteiger partial charge in [-0.05, 0) is 19.1 Å². The minimum atomic E-state index is -3.74. The Morgan fingerprint density at radius 2 is 2.24 bits per heavy atom. The molecule has 0 aliphatic carbocycles. The molecule has 1 amide bonds. The Morgan fingerprint density at radius 3 is 2.95 bits per heavy atom. The molecule has 0 unspecified atom stereocenters. The number of benzene rings is 1. The van der Waals surface area contributed by atoms with Gasteiger partial charge in [-0.25, -0.2) is 13.4 Å². The molecule has 1 atom stereocenters. The molecule has 1 aliphatic rings. The average Bonchev–Trinajstić information content (AvgIpc) is 2.91. The van der Waals surface area contributed by atoms with Crippen LogP contribution in [0.3, 0.4) is 0 Å². The molecule has 0 bridgehead atoms. The number of carbonyl (C=O) groups is 1. The molecule has 1 aliphatic heterocycles. The summed E-state index contributed by atoms with van der Waals surface area (Å²) in [5.41, 5.74) is 0.450. The van der Waals surface area contributed by atoms with Crippen LogP contribution in [0, 0.1) is 0 Å². The van der Waals surface area contributed by atoms with E-state index in [1.807, 2.05) is 0 Å². The van der Waals surface area contributed by atoms with Crippen molar-refractivity contribution in [3.8, 4) is 5.75 Å². The monoisotopic (exact) mass is 325 g/mol. The van der Waals surface area contributed by atoms with Gasteiger partial charge in [0, 0.05) is 17.6 Å². The van der Waals surface area contributed by atoms with Crippen molar-refractivity contribution in [1.29, 1.82) is 0 Å². The van der Waals surface area contributed by atoms with Crippen molar-refractivity contribution in [2.45, 2.75) is 17.9 Å². The number of carbonyl (C=O) groups excluding carboxylic acids is 1. The number of hydrogen-bond donors (Lipinski definition) is 2. The fourth-order valence-electron chi connectivity index (χ4n) is 1.80. The van der Waals surface area contributed by atoms with E-state index in [0.717, 1.165) is 0 Å². The fourth-order valence-corrected chi connectivity index (χ4v) is 3.60. The highest BCUT2D eigenvalue weighted by Gasteiger charge is 2.25. The molecule has 2 aromatic rings. The lowest BCUT2D eigenvalue weighted by Crippen LogP contribution is -2.34. The number of anilines is 2. The third-order valence-electron chi connectivity index (χ3n) is 2.85. The first kappa shape index (κ1) is 13.8. The normalized spacial score (nSPS) is 17.6. The van der Waals surface area contributed by atoms with Crippen molar-refractivity contribution in [1.82, 2.24) is 4.98 Å². The summed E-state index contributed by atoms with van der Waals surface area (Å²) in [5.74, 6) is 0.0585. The zero-order valence-electron chi connectivity index (χ0n) is 10.9. The molecule has 0 radical (unpaired) electrons. The molecule has 0 fully saturated rings. The molecule has 1 aromatic carbocycles. The van der Waals surface area contributed by atoms with Gasteiger partial charge in [0.05, 0.1) is 10.6 Å². The van der Waals surface area contributed by atoms with E-state index in [0.29, 0.717) is 11.4 Å². The van der Waals surface area contributed by atoms with Gasteiger partial charge in [-0.2, -0.15) is 0 Å². The largest absolute Gasteiger partial charge is 0.479 e. The highest BCUT2D eigenvalue weighted by Crippen LogP contribution is 2.32. The second kappa shape index (κ2) is 5.01. The summed E-state index contributed by atoms with van der Waals surface area (Å²) in [6, 6.07) is 4.27. The van der Waals surface area contributed by atoms with E-state index in [4.69, 9.17) is 4.74 Å². The lowest BCUT2D eigenvalue weighted by molar-refractivity contribution is -0.122. The van der Waals surface area contributed by atoms with Gasteiger partial charge in [-0.1, -0.05) is 0 Å². The van der Waals surface area contributed by atoms with Crippen LogP contribution in [0.4, 0.5) is 10.8 Å². The van der Waals surface area contributed by atoms with Gasteiger partial charge >= 0.3 is 0 Å². The Morgan fingerprint density at radius 1 is 1.43 bits per heavy atom. The van der Waals surface area contributed by atoms with Gasteiger partial charge in [0.25, 0.3) is 15.9 Å². The number of nitrogens with zero attached hydrogens (tertiary/aromatic N) is 1. The summed E-state index contributed by atoms with van der Waals surface area (Å²) in [4.78, 5) is 15.4. The first-order chi connectivity index (χ1) is 9.95. The maximum absolute atomic E-state index is 12.2. The molecular formula is C12H11N3O4S2. The lowest BCUT2D eigenvalue weighted by atomic mass is 10.2. The van der Waals surface area contributed by atoms with E-state index in [1.165, 1.54) is 35.7 Å². The SMILES string of the molecule is C[C@H]1Oc2cc(S(=O)(=O)Nc3nccs3)ccc2NC1=O. The van der Waals surface area contributed by atoms with Crippen molar-refractivity contribution in [2.75, 3.05) is 10.0 Å². The third-order valence-corrected chi connectivity index (χ3v) is 5.00. The van der Waals surface area contributed by atoms with Crippen molar-refractivity contribution in [2.24, 2.45) is 0 Å². The first-order valence-corrected chi connectivity index (χ1v) is 8.36. The van der Waals surface area contributed by atoms with Crippen LogP contribution in [0.1, 0.15) is 6.92 Å². The minimum Gasteiger partial charge on any atom is -0.479 e. The Hall–Kier alpha value is -2.13. The average molecular weight is 325 g/mol. The van der Waals surface area contributed by atoms with E-state index < -0.39 is 16.1 Å². The van der Waals surface area contributed by atoms with E-state index in [2.05, 4.69) is 15.0 Å². The predicted molar refractivity (Wildman–Crippen MR) is 78.1 cm³/mol. The van der Waals surface area contributed by atoms with Gasteiger partial charge < -0.3 is 10.1 Å². The van der Waals surface area contributed by atoms with Gasteiger partial charge in [-0.3, -0.25) is 9.52 Å². The number of thiazole rings is 1. The minimum absolute atomic E-state index is 0.0415. The van der Waals surface area contributed by atoms with Crippen molar-refractivity contribution in [3.05, 3.63) is 29.8 Å². The third kappa shape index (κ3) is 2.69. The smallest absolute Gasteiger partial charge is 0.265 e. The number of hydrogen-bond acceptors (Lipinski definition) is 6. The van der Waals surface area contributed by atoms with Gasteiger partial charge in [0.1, 0.15) is 5.75 Å².